The van der Waals surface area contributed by atoms with Crippen LogP contribution in [0.2, 0.25) is 0 Å². The molecule has 2 rings (SSSR count). The molecule has 0 aliphatic heterocycles. The van der Waals surface area contributed by atoms with E-state index < -0.39 is 5.91 Å². The molecule has 1 amide bonds. The molecule has 0 atom stereocenters. The van der Waals surface area contributed by atoms with Gasteiger partial charge in [-0.15, -0.1) is 0 Å². The molecule has 108 valence electrons. The summed E-state index contributed by atoms with van der Waals surface area (Å²) in [6.45, 7) is 7.34. The normalized spacial score (nSPS) is 10.0. The van der Waals surface area contributed by atoms with Crippen LogP contribution in [0.1, 0.15) is 27.6 Å². The van der Waals surface area contributed by atoms with Gasteiger partial charge in [0.2, 0.25) is 5.82 Å². The van der Waals surface area contributed by atoms with Crippen molar-refractivity contribution < 1.29 is 9.90 Å². The molecular weight excluding hydrogens is 268 g/mol. The number of phenols is 1. The highest BCUT2D eigenvalue weighted by molar-refractivity contribution is 5.90. The highest BCUT2D eigenvalue weighted by atomic mass is 16.3. The number of hydrazine groups is 1. The van der Waals surface area contributed by atoms with Crippen LogP contribution in [0.5, 0.6) is 5.75 Å². The first-order valence-corrected chi connectivity index (χ1v) is 6.33. The van der Waals surface area contributed by atoms with Gasteiger partial charge in [0.1, 0.15) is 5.75 Å². The van der Waals surface area contributed by atoms with Gasteiger partial charge in [-0.05, 0) is 32.0 Å². The molecule has 0 radical (unpaired) electrons. The number of para-hydroxylation sites is 1. The molecule has 6 nitrogen and oxygen atoms in total. The van der Waals surface area contributed by atoms with Gasteiger partial charge in [0.15, 0.2) is 0 Å². The van der Waals surface area contributed by atoms with Crippen LogP contribution in [0.3, 0.4) is 0 Å². The highest BCUT2D eigenvalue weighted by Crippen LogP contribution is 2.20. The molecule has 3 N–H and O–H groups in total. The second-order valence-electron chi connectivity index (χ2n) is 4.55. The van der Waals surface area contributed by atoms with Crippen LogP contribution >= 0.6 is 0 Å². The van der Waals surface area contributed by atoms with E-state index in [1.165, 1.54) is 6.07 Å². The third-order valence-electron chi connectivity index (χ3n) is 2.74. The van der Waals surface area contributed by atoms with E-state index >= 15 is 0 Å². The summed E-state index contributed by atoms with van der Waals surface area (Å²) in [5.74, 6) is -0.324. The number of aromatic nitrogens is 2. The molecule has 0 aliphatic rings. The molecule has 1 heterocycles. The van der Waals surface area contributed by atoms with Crippen molar-refractivity contribution >= 4 is 11.6 Å². The van der Waals surface area contributed by atoms with Gasteiger partial charge in [0.05, 0.1) is 5.70 Å². The van der Waals surface area contributed by atoms with Crippen LogP contribution in [0, 0.1) is 13.8 Å². The first-order chi connectivity index (χ1) is 9.97. The maximum absolute atomic E-state index is 12.0. The standard InChI is InChI=1S/C15H16N4O2/c1-9-8-10(2)17-14(16-9)15(21)19-18-11(3)12-6-4-5-7-13(12)20/h4-8,18,20H,3H2,1-2H3,(H,19,21). The number of aryl methyl sites for hydroxylation is 2. The van der Waals surface area contributed by atoms with Gasteiger partial charge in [-0.3, -0.25) is 15.6 Å². The minimum Gasteiger partial charge on any atom is -0.507 e. The summed E-state index contributed by atoms with van der Waals surface area (Å²) in [6.07, 6.45) is 0. The van der Waals surface area contributed by atoms with Crippen LogP contribution in [0.4, 0.5) is 0 Å². The fourth-order valence-electron chi connectivity index (χ4n) is 1.81. The van der Waals surface area contributed by atoms with Gasteiger partial charge in [0, 0.05) is 17.0 Å². The van der Waals surface area contributed by atoms with E-state index in [2.05, 4.69) is 27.4 Å². The number of hydrogen-bond donors (Lipinski definition) is 3. The van der Waals surface area contributed by atoms with Crippen LogP contribution in [0.25, 0.3) is 5.70 Å². The predicted molar refractivity (Wildman–Crippen MR) is 79.2 cm³/mol. The molecule has 0 spiro atoms. The number of rotatable bonds is 4. The Morgan fingerprint density at radius 2 is 1.76 bits per heavy atom. The van der Waals surface area contributed by atoms with Crippen molar-refractivity contribution in [3.8, 4) is 5.75 Å². The molecule has 0 fully saturated rings. The summed E-state index contributed by atoms with van der Waals surface area (Å²) in [5.41, 5.74) is 7.39. The van der Waals surface area contributed by atoms with Crippen LogP contribution in [0.15, 0.2) is 36.9 Å². The zero-order chi connectivity index (χ0) is 15.4. The maximum Gasteiger partial charge on any atom is 0.307 e. The quantitative estimate of drug-likeness (QED) is 0.744. The van der Waals surface area contributed by atoms with Crippen LogP contribution in [-0.4, -0.2) is 21.0 Å². The van der Waals surface area contributed by atoms with Crippen molar-refractivity contribution in [3.63, 3.8) is 0 Å². The highest BCUT2D eigenvalue weighted by Gasteiger charge is 2.11. The third-order valence-corrected chi connectivity index (χ3v) is 2.74. The van der Waals surface area contributed by atoms with E-state index in [0.717, 1.165) is 0 Å². The Morgan fingerprint density at radius 3 is 2.38 bits per heavy atom. The molecular formula is C15H16N4O2. The van der Waals surface area contributed by atoms with E-state index in [4.69, 9.17) is 0 Å². The SMILES string of the molecule is C=C(NNC(=O)c1nc(C)cc(C)n1)c1ccccc1O. The van der Waals surface area contributed by atoms with Gasteiger partial charge >= 0.3 is 5.91 Å². The Labute approximate surface area is 122 Å². The third kappa shape index (κ3) is 3.56. The second-order valence-corrected chi connectivity index (χ2v) is 4.55. The number of amides is 1. The molecule has 1 aromatic carbocycles. The zero-order valence-electron chi connectivity index (χ0n) is 11.8. The largest absolute Gasteiger partial charge is 0.507 e. The van der Waals surface area contributed by atoms with Crippen LogP contribution in [-0.2, 0) is 0 Å². The van der Waals surface area contributed by atoms with Gasteiger partial charge in [-0.25, -0.2) is 9.97 Å². The van der Waals surface area contributed by atoms with E-state index in [0.29, 0.717) is 22.6 Å². The Morgan fingerprint density at radius 1 is 1.14 bits per heavy atom. The predicted octanol–water partition coefficient (Wildman–Crippen LogP) is 1.70. The smallest absolute Gasteiger partial charge is 0.307 e. The summed E-state index contributed by atoms with van der Waals surface area (Å²) in [7, 11) is 0. The maximum atomic E-state index is 12.0. The topological polar surface area (TPSA) is 87.1 Å². The van der Waals surface area contributed by atoms with Crippen LogP contribution < -0.4 is 10.9 Å². The lowest BCUT2D eigenvalue weighted by molar-refractivity contribution is 0.0931. The lowest BCUT2D eigenvalue weighted by atomic mass is 10.1. The number of nitrogens with one attached hydrogen (secondary N) is 2. The lowest BCUT2D eigenvalue weighted by Gasteiger charge is -2.12. The fourth-order valence-corrected chi connectivity index (χ4v) is 1.81. The van der Waals surface area contributed by atoms with Crippen molar-refractivity contribution in [2.24, 2.45) is 0 Å². The van der Waals surface area contributed by atoms with Gasteiger partial charge in [-0.1, -0.05) is 18.7 Å². The van der Waals surface area contributed by atoms with E-state index in [-0.39, 0.29) is 11.6 Å². The number of aromatic hydroxyl groups is 1. The van der Waals surface area contributed by atoms with Crippen molar-refractivity contribution in [2.45, 2.75) is 13.8 Å². The average Bonchev–Trinajstić information content (AvgIpc) is 2.43. The Balaban J connectivity index is 2.04. The van der Waals surface area contributed by atoms with Gasteiger partial charge in [-0.2, -0.15) is 0 Å². The number of phenolic OH excluding ortho intramolecular Hbond substituents is 1. The Hall–Kier alpha value is -2.89. The number of carbonyl (C=O) groups excluding carboxylic acids is 1. The first kappa shape index (κ1) is 14.5. The van der Waals surface area contributed by atoms with Crippen molar-refractivity contribution in [3.05, 3.63) is 59.7 Å². The Bertz CT molecular complexity index is 678. The molecule has 0 bridgehead atoms. The van der Waals surface area contributed by atoms with E-state index in [1.54, 1.807) is 38.1 Å². The lowest BCUT2D eigenvalue weighted by Crippen LogP contribution is -2.37. The molecule has 2 aromatic rings. The molecule has 0 unspecified atom stereocenters. The number of nitrogens with zero attached hydrogens (tertiary/aromatic N) is 2. The minimum absolute atomic E-state index is 0.0742. The monoisotopic (exact) mass is 284 g/mol. The summed E-state index contributed by atoms with van der Waals surface area (Å²) in [5, 5.41) is 9.70. The zero-order valence-corrected chi connectivity index (χ0v) is 11.8. The summed E-state index contributed by atoms with van der Waals surface area (Å²) < 4.78 is 0. The number of hydrogen-bond acceptors (Lipinski definition) is 5. The van der Waals surface area contributed by atoms with E-state index in [9.17, 15) is 9.90 Å². The van der Waals surface area contributed by atoms with Crippen molar-refractivity contribution in [2.75, 3.05) is 0 Å². The molecule has 0 aliphatic carbocycles. The first-order valence-electron chi connectivity index (χ1n) is 6.33. The number of benzene rings is 1. The summed E-state index contributed by atoms with van der Waals surface area (Å²) in [4.78, 5) is 20.1. The summed E-state index contributed by atoms with van der Waals surface area (Å²) in [6, 6.07) is 8.47. The second kappa shape index (κ2) is 6.04. The van der Waals surface area contributed by atoms with Gasteiger partial charge in [0.25, 0.3) is 0 Å². The molecule has 21 heavy (non-hydrogen) atoms. The summed E-state index contributed by atoms with van der Waals surface area (Å²) >= 11 is 0. The number of carbonyl (C=O) groups is 1. The molecule has 0 saturated carbocycles. The van der Waals surface area contributed by atoms with Crippen molar-refractivity contribution in [1.29, 1.82) is 0 Å². The van der Waals surface area contributed by atoms with Crippen molar-refractivity contribution in [1.82, 2.24) is 20.8 Å². The average molecular weight is 284 g/mol. The fraction of sp³-hybridized carbons (Fsp3) is 0.133. The Kier molecular flexibility index (Phi) is 4.18. The molecule has 1 aromatic heterocycles. The van der Waals surface area contributed by atoms with Gasteiger partial charge < -0.3 is 5.11 Å². The minimum atomic E-state index is -0.474. The molecule has 0 saturated heterocycles. The molecule has 6 heteroatoms. The van der Waals surface area contributed by atoms with E-state index in [1.807, 2.05) is 0 Å².